The number of pyridine rings is 1. The van der Waals surface area contributed by atoms with Crippen LogP contribution in [0.2, 0.25) is 0 Å². The normalized spacial score (nSPS) is 15.3. The highest BCUT2D eigenvalue weighted by atomic mass is 16.5. The SMILES string of the molecule is CCC[C@@H](c1nnnn1CC(=O)OCC)N(Cc1cc2cc(C)ccc2[nH]c1=O)C1CCCC1. The minimum atomic E-state index is -0.361. The number of aromatic nitrogens is 5. The van der Waals surface area contributed by atoms with Crippen LogP contribution in [0, 0.1) is 6.92 Å². The summed E-state index contributed by atoms with van der Waals surface area (Å²) in [6.45, 7) is 6.75. The number of aromatic amines is 1. The lowest BCUT2D eigenvalue weighted by Gasteiger charge is -2.35. The third-order valence-electron chi connectivity index (χ3n) is 6.63. The van der Waals surface area contributed by atoms with Gasteiger partial charge >= 0.3 is 5.97 Å². The second-order valence-electron chi connectivity index (χ2n) is 9.13. The van der Waals surface area contributed by atoms with E-state index in [1.807, 2.05) is 18.2 Å². The molecule has 0 unspecified atom stereocenters. The third kappa shape index (κ3) is 5.35. The molecule has 1 aromatic carbocycles. The summed E-state index contributed by atoms with van der Waals surface area (Å²) in [5.74, 6) is 0.287. The van der Waals surface area contributed by atoms with Crippen LogP contribution >= 0.6 is 0 Å². The summed E-state index contributed by atoms with van der Waals surface area (Å²) in [5, 5.41) is 13.3. The first-order valence-corrected chi connectivity index (χ1v) is 12.3. The predicted octanol–water partition coefficient (Wildman–Crippen LogP) is 3.67. The molecule has 0 radical (unpaired) electrons. The molecular weight excluding hydrogens is 432 g/mol. The zero-order valence-electron chi connectivity index (χ0n) is 20.3. The Bertz CT molecular complexity index is 1180. The van der Waals surface area contributed by atoms with E-state index < -0.39 is 0 Å². The maximum Gasteiger partial charge on any atom is 0.327 e. The minimum Gasteiger partial charge on any atom is -0.465 e. The van der Waals surface area contributed by atoms with Crippen LogP contribution in [0.4, 0.5) is 0 Å². The fourth-order valence-corrected chi connectivity index (χ4v) is 5.02. The van der Waals surface area contributed by atoms with Crippen LogP contribution in [0.1, 0.15) is 75.4 Å². The number of nitrogens with one attached hydrogen (secondary N) is 1. The van der Waals surface area contributed by atoms with Gasteiger partial charge in [-0.3, -0.25) is 14.5 Å². The Kier molecular flexibility index (Phi) is 7.72. The van der Waals surface area contributed by atoms with Gasteiger partial charge in [0.05, 0.1) is 12.6 Å². The topological polar surface area (TPSA) is 106 Å². The number of hydrogen-bond acceptors (Lipinski definition) is 7. The van der Waals surface area contributed by atoms with E-state index in [2.05, 4.69) is 45.3 Å². The maximum absolute atomic E-state index is 13.0. The number of benzene rings is 1. The van der Waals surface area contributed by atoms with Crippen molar-refractivity contribution < 1.29 is 9.53 Å². The second kappa shape index (κ2) is 10.9. The molecule has 182 valence electrons. The van der Waals surface area contributed by atoms with Crippen LogP contribution in [-0.4, -0.2) is 48.7 Å². The van der Waals surface area contributed by atoms with Gasteiger partial charge in [0.1, 0.15) is 6.54 Å². The summed E-state index contributed by atoms with van der Waals surface area (Å²) in [6, 6.07) is 8.28. The minimum absolute atomic E-state index is 0.0231. The van der Waals surface area contributed by atoms with Crippen LogP contribution in [0.15, 0.2) is 29.1 Å². The second-order valence-corrected chi connectivity index (χ2v) is 9.13. The fraction of sp³-hybridized carbons (Fsp3) is 0.560. The highest BCUT2D eigenvalue weighted by molar-refractivity contribution is 5.79. The Morgan fingerprint density at radius 2 is 2.06 bits per heavy atom. The average molecular weight is 467 g/mol. The fourth-order valence-electron chi connectivity index (χ4n) is 5.02. The summed E-state index contributed by atoms with van der Waals surface area (Å²) in [7, 11) is 0. The van der Waals surface area contributed by atoms with E-state index in [0.717, 1.165) is 47.7 Å². The Morgan fingerprint density at radius 1 is 1.26 bits per heavy atom. The van der Waals surface area contributed by atoms with Crippen LogP contribution in [-0.2, 0) is 22.6 Å². The predicted molar refractivity (Wildman–Crippen MR) is 129 cm³/mol. The van der Waals surface area contributed by atoms with Crippen LogP contribution in [0.25, 0.3) is 10.9 Å². The molecular formula is C25H34N6O3. The lowest BCUT2D eigenvalue weighted by atomic mass is 10.0. The van der Waals surface area contributed by atoms with Crippen molar-refractivity contribution in [2.24, 2.45) is 0 Å². The first-order valence-electron chi connectivity index (χ1n) is 12.3. The van der Waals surface area contributed by atoms with Gasteiger partial charge in [0.2, 0.25) is 0 Å². The van der Waals surface area contributed by atoms with E-state index in [9.17, 15) is 9.59 Å². The first-order chi connectivity index (χ1) is 16.5. The maximum atomic E-state index is 13.0. The van der Waals surface area contributed by atoms with E-state index in [1.54, 1.807) is 11.6 Å². The van der Waals surface area contributed by atoms with Crippen molar-refractivity contribution in [3.05, 3.63) is 51.6 Å². The largest absolute Gasteiger partial charge is 0.465 e. The first kappa shape index (κ1) is 24.1. The number of ether oxygens (including phenoxy) is 1. The molecule has 9 heteroatoms. The lowest BCUT2D eigenvalue weighted by Crippen LogP contribution is -2.39. The standard InChI is InChI=1S/C25H34N6O3/c1-4-8-22(24-27-28-29-31(24)16-23(32)34-5-2)30(20-9-6-7-10-20)15-19-14-18-13-17(3)11-12-21(18)26-25(19)33/h11-14,20,22H,4-10,15-16H2,1-3H3,(H,26,33)/t22-/m0/s1. The molecule has 2 heterocycles. The van der Waals surface area contributed by atoms with E-state index in [4.69, 9.17) is 4.74 Å². The molecule has 3 aromatic rings. The summed E-state index contributed by atoms with van der Waals surface area (Å²) in [5.41, 5.74) is 2.66. The molecule has 2 aromatic heterocycles. The number of carbonyl (C=O) groups is 1. The van der Waals surface area contributed by atoms with Crippen molar-refractivity contribution in [1.29, 1.82) is 0 Å². The van der Waals surface area contributed by atoms with Crippen molar-refractivity contribution in [2.45, 2.75) is 84.5 Å². The number of carbonyl (C=O) groups excluding carboxylic acids is 1. The summed E-state index contributed by atoms with van der Waals surface area (Å²) < 4.78 is 6.67. The number of rotatable bonds is 10. The molecule has 9 nitrogen and oxygen atoms in total. The molecule has 1 aliphatic carbocycles. The third-order valence-corrected chi connectivity index (χ3v) is 6.63. The van der Waals surface area contributed by atoms with Gasteiger partial charge in [0, 0.05) is 23.7 Å². The van der Waals surface area contributed by atoms with Gasteiger partial charge in [0.25, 0.3) is 5.56 Å². The van der Waals surface area contributed by atoms with Crippen LogP contribution in [0.3, 0.4) is 0 Å². The van der Waals surface area contributed by atoms with Crippen LogP contribution in [0.5, 0.6) is 0 Å². The summed E-state index contributed by atoms with van der Waals surface area (Å²) >= 11 is 0. The Hall–Kier alpha value is -3.07. The quantitative estimate of drug-likeness (QED) is 0.454. The molecule has 1 saturated carbocycles. The van der Waals surface area contributed by atoms with Crippen molar-refractivity contribution >= 4 is 16.9 Å². The molecule has 0 spiro atoms. The molecule has 0 saturated heterocycles. The Labute approximate surface area is 199 Å². The van der Waals surface area contributed by atoms with Gasteiger partial charge in [0.15, 0.2) is 5.82 Å². The molecule has 1 fully saturated rings. The van der Waals surface area contributed by atoms with E-state index in [0.29, 0.717) is 25.0 Å². The number of aryl methyl sites for hydroxylation is 1. The van der Waals surface area contributed by atoms with Gasteiger partial charge < -0.3 is 9.72 Å². The number of H-pyrrole nitrogens is 1. The number of fused-ring (bicyclic) bond motifs is 1. The molecule has 1 N–H and O–H groups in total. The average Bonchev–Trinajstić information content (AvgIpc) is 3.49. The molecule has 0 amide bonds. The monoisotopic (exact) mass is 466 g/mol. The van der Waals surface area contributed by atoms with E-state index in [1.165, 1.54) is 12.8 Å². The molecule has 1 atom stereocenters. The van der Waals surface area contributed by atoms with Crippen molar-refractivity contribution in [2.75, 3.05) is 6.61 Å². The molecule has 1 aliphatic rings. The molecule has 0 bridgehead atoms. The van der Waals surface area contributed by atoms with Crippen molar-refractivity contribution in [1.82, 2.24) is 30.1 Å². The van der Waals surface area contributed by atoms with Gasteiger partial charge in [-0.25, -0.2) is 4.68 Å². The summed E-state index contributed by atoms with van der Waals surface area (Å²) in [4.78, 5) is 30.6. The van der Waals surface area contributed by atoms with E-state index >= 15 is 0 Å². The smallest absolute Gasteiger partial charge is 0.327 e. The lowest BCUT2D eigenvalue weighted by molar-refractivity contribution is -0.144. The number of nitrogens with zero attached hydrogens (tertiary/aromatic N) is 5. The number of tetrazole rings is 1. The summed E-state index contributed by atoms with van der Waals surface area (Å²) in [6.07, 6.45) is 6.23. The zero-order chi connectivity index (χ0) is 24.1. The number of hydrogen-bond donors (Lipinski definition) is 1. The molecule has 34 heavy (non-hydrogen) atoms. The Balaban J connectivity index is 1.71. The molecule has 4 rings (SSSR count). The van der Waals surface area contributed by atoms with Crippen molar-refractivity contribution in [3.8, 4) is 0 Å². The zero-order valence-corrected chi connectivity index (χ0v) is 20.3. The highest BCUT2D eigenvalue weighted by Gasteiger charge is 2.33. The van der Waals surface area contributed by atoms with E-state index in [-0.39, 0.29) is 24.1 Å². The van der Waals surface area contributed by atoms with Crippen LogP contribution < -0.4 is 5.56 Å². The number of esters is 1. The van der Waals surface area contributed by atoms with Crippen molar-refractivity contribution in [3.63, 3.8) is 0 Å². The molecule has 0 aliphatic heterocycles. The Morgan fingerprint density at radius 3 is 2.79 bits per heavy atom. The van der Waals surface area contributed by atoms with Gasteiger partial charge in [-0.15, -0.1) is 5.10 Å². The van der Waals surface area contributed by atoms with Gasteiger partial charge in [-0.1, -0.05) is 37.8 Å². The van der Waals surface area contributed by atoms with Gasteiger partial charge in [-0.2, -0.15) is 0 Å². The van der Waals surface area contributed by atoms with Gasteiger partial charge in [-0.05, 0) is 67.1 Å². The highest BCUT2D eigenvalue weighted by Crippen LogP contribution is 2.34.